The molecule has 112 valence electrons. The number of hydrogen-bond donors (Lipinski definition) is 1. The topological polar surface area (TPSA) is 24.5 Å². The summed E-state index contributed by atoms with van der Waals surface area (Å²) in [5, 5.41) is 3.72. The normalized spacial score (nSPS) is 23.2. The Hall–Kier alpha value is -0.900. The zero-order chi connectivity index (χ0) is 14.4. The first kappa shape index (κ1) is 15.5. The average molecular weight is 276 g/mol. The zero-order valence-corrected chi connectivity index (χ0v) is 13.1. The first-order valence-corrected chi connectivity index (χ1v) is 7.75. The van der Waals surface area contributed by atoms with E-state index in [-0.39, 0.29) is 0 Å². The maximum atomic E-state index is 5.74. The minimum Gasteiger partial charge on any atom is -0.378 e. The van der Waals surface area contributed by atoms with Gasteiger partial charge in [-0.15, -0.1) is 0 Å². The molecule has 1 N–H and O–H groups in total. The van der Waals surface area contributed by atoms with E-state index in [4.69, 9.17) is 4.74 Å². The molecular formula is C17H28N2O. The molecular weight excluding hydrogens is 248 g/mol. The highest BCUT2D eigenvalue weighted by Crippen LogP contribution is 2.17. The molecule has 1 aliphatic rings. The molecule has 0 aromatic heterocycles. The SMILES string of the molecule is CCC1CC(NCc2ccccc2CN(C)C)CCO1. The lowest BCUT2D eigenvalue weighted by Gasteiger charge is -2.30. The van der Waals surface area contributed by atoms with Gasteiger partial charge in [-0.05, 0) is 44.5 Å². The Bertz CT molecular complexity index is 406. The molecule has 1 heterocycles. The van der Waals surface area contributed by atoms with Crippen LogP contribution >= 0.6 is 0 Å². The van der Waals surface area contributed by atoms with Gasteiger partial charge >= 0.3 is 0 Å². The van der Waals surface area contributed by atoms with Gasteiger partial charge in [-0.1, -0.05) is 31.2 Å². The predicted molar refractivity (Wildman–Crippen MR) is 83.7 cm³/mol. The fraction of sp³-hybridized carbons (Fsp3) is 0.647. The third-order valence-corrected chi connectivity index (χ3v) is 4.01. The summed E-state index contributed by atoms with van der Waals surface area (Å²) in [4.78, 5) is 2.22. The molecule has 1 saturated heterocycles. The fourth-order valence-corrected chi connectivity index (χ4v) is 2.83. The van der Waals surface area contributed by atoms with Gasteiger partial charge in [0.2, 0.25) is 0 Å². The van der Waals surface area contributed by atoms with Crippen LogP contribution < -0.4 is 5.32 Å². The lowest BCUT2D eigenvalue weighted by Crippen LogP contribution is -2.38. The van der Waals surface area contributed by atoms with Crippen LogP contribution in [-0.2, 0) is 17.8 Å². The lowest BCUT2D eigenvalue weighted by molar-refractivity contribution is -0.000331. The van der Waals surface area contributed by atoms with Crippen LogP contribution in [0.15, 0.2) is 24.3 Å². The van der Waals surface area contributed by atoms with Gasteiger partial charge in [0.25, 0.3) is 0 Å². The molecule has 0 radical (unpaired) electrons. The Morgan fingerprint density at radius 2 is 2.00 bits per heavy atom. The van der Waals surface area contributed by atoms with Crippen molar-refractivity contribution in [2.24, 2.45) is 0 Å². The predicted octanol–water partition coefficient (Wildman–Crippen LogP) is 2.80. The molecule has 2 atom stereocenters. The van der Waals surface area contributed by atoms with Gasteiger partial charge in [-0.3, -0.25) is 0 Å². The van der Waals surface area contributed by atoms with Gasteiger partial charge in [-0.2, -0.15) is 0 Å². The molecule has 2 unspecified atom stereocenters. The highest BCUT2D eigenvalue weighted by molar-refractivity contribution is 5.27. The Kier molecular flexibility index (Phi) is 6.02. The second-order valence-electron chi connectivity index (χ2n) is 6.01. The third kappa shape index (κ3) is 4.58. The molecule has 0 spiro atoms. The number of nitrogens with one attached hydrogen (secondary N) is 1. The molecule has 1 aromatic carbocycles. The minimum atomic E-state index is 0.443. The molecule has 0 aliphatic carbocycles. The highest BCUT2D eigenvalue weighted by atomic mass is 16.5. The summed E-state index contributed by atoms with van der Waals surface area (Å²) < 4.78 is 5.74. The van der Waals surface area contributed by atoms with Crippen LogP contribution in [0.5, 0.6) is 0 Å². The van der Waals surface area contributed by atoms with E-state index in [1.165, 1.54) is 11.1 Å². The minimum absolute atomic E-state index is 0.443. The van der Waals surface area contributed by atoms with Crippen LogP contribution in [-0.4, -0.2) is 37.7 Å². The zero-order valence-electron chi connectivity index (χ0n) is 13.1. The van der Waals surface area contributed by atoms with Crippen LogP contribution in [0.25, 0.3) is 0 Å². The van der Waals surface area contributed by atoms with Crippen molar-refractivity contribution in [3.8, 4) is 0 Å². The summed E-state index contributed by atoms with van der Waals surface area (Å²) in [5.74, 6) is 0. The quantitative estimate of drug-likeness (QED) is 0.864. The van der Waals surface area contributed by atoms with E-state index in [9.17, 15) is 0 Å². The third-order valence-electron chi connectivity index (χ3n) is 4.01. The van der Waals surface area contributed by atoms with E-state index in [0.717, 1.165) is 39.0 Å². The first-order chi connectivity index (χ1) is 9.69. The van der Waals surface area contributed by atoms with Gasteiger partial charge in [0.1, 0.15) is 0 Å². The Morgan fingerprint density at radius 1 is 1.25 bits per heavy atom. The molecule has 1 aromatic rings. The lowest BCUT2D eigenvalue weighted by atomic mass is 10.0. The van der Waals surface area contributed by atoms with E-state index >= 15 is 0 Å². The van der Waals surface area contributed by atoms with Gasteiger partial charge < -0.3 is 15.0 Å². The summed E-state index contributed by atoms with van der Waals surface area (Å²) in [6, 6.07) is 9.33. The van der Waals surface area contributed by atoms with Crippen molar-refractivity contribution in [2.45, 2.75) is 51.4 Å². The van der Waals surface area contributed by atoms with Crippen molar-refractivity contribution < 1.29 is 4.74 Å². The van der Waals surface area contributed by atoms with E-state index in [1.807, 2.05) is 0 Å². The maximum absolute atomic E-state index is 5.74. The van der Waals surface area contributed by atoms with E-state index in [1.54, 1.807) is 0 Å². The number of rotatable bonds is 6. The molecule has 1 aliphatic heterocycles. The van der Waals surface area contributed by atoms with Gasteiger partial charge in [-0.25, -0.2) is 0 Å². The van der Waals surface area contributed by atoms with E-state index in [0.29, 0.717) is 12.1 Å². The van der Waals surface area contributed by atoms with Gasteiger partial charge in [0.15, 0.2) is 0 Å². The summed E-state index contributed by atoms with van der Waals surface area (Å²) in [6.07, 6.45) is 3.84. The number of ether oxygens (including phenoxy) is 1. The van der Waals surface area contributed by atoms with Crippen molar-refractivity contribution in [1.82, 2.24) is 10.2 Å². The van der Waals surface area contributed by atoms with Crippen molar-refractivity contribution in [3.05, 3.63) is 35.4 Å². The molecule has 3 nitrogen and oxygen atoms in total. The smallest absolute Gasteiger partial charge is 0.0587 e. The molecule has 1 fully saturated rings. The summed E-state index contributed by atoms with van der Waals surface area (Å²) in [7, 11) is 4.24. The molecule has 3 heteroatoms. The van der Waals surface area contributed by atoms with Gasteiger partial charge in [0.05, 0.1) is 6.10 Å². The Morgan fingerprint density at radius 3 is 2.70 bits per heavy atom. The highest BCUT2D eigenvalue weighted by Gasteiger charge is 2.20. The molecule has 0 amide bonds. The second-order valence-corrected chi connectivity index (χ2v) is 6.01. The number of nitrogens with zero attached hydrogens (tertiary/aromatic N) is 1. The van der Waals surface area contributed by atoms with Crippen molar-refractivity contribution in [1.29, 1.82) is 0 Å². The first-order valence-electron chi connectivity index (χ1n) is 7.75. The van der Waals surface area contributed by atoms with Crippen molar-refractivity contribution in [2.75, 3.05) is 20.7 Å². The van der Waals surface area contributed by atoms with E-state index in [2.05, 4.69) is 55.5 Å². The van der Waals surface area contributed by atoms with Crippen LogP contribution in [0.1, 0.15) is 37.3 Å². The summed E-state index contributed by atoms with van der Waals surface area (Å²) in [5.41, 5.74) is 2.84. The molecule has 0 saturated carbocycles. The monoisotopic (exact) mass is 276 g/mol. The standard InChI is InChI=1S/C17H28N2O/c1-4-17-11-16(9-10-20-17)18-12-14-7-5-6-8-15(14)13-19(2)3/h5-8,16-18H,4,9-13H2,1-3H3. The Labute approximate surface area is 123 Å². The number of hydrogen-bond acceptors (Lipinski definition) is 3. The van der Waals surface area contributed by atoms with Crippen LogP contribution in [0, 0.1) is 0 Å². The largest absolute Gasteiger partial charge is 0.378 e. The van der Waals surface area contributed by atoms with Crippen LogP contribution in [0.4, 0.5) is 0 Å². The van der Waals surface area contributed by atoms with Crippen molar-refractivity contribution >= 4 is 0 Å². The number of benzene rings is 1. The average Bonchev–Trinajstić information content (AvgIpc) is 2.46. The Balaban J connectivity index is 1.90. The van der Waals surface area contributed by atoms with Gasteiger partial charge in [0, 0.05) is 25.7 Å². The van der Waals surface area contributed by atoms with Crippen LogP contribution in [0.3, 0.4) is 0 Å². The molecule has 0 bridgehead atoms. The molecule has 20 heavy (non-hydrogen) atoms. The molecule has 2 rings (SSSR count). The summed E-state index contributed by atoms with van der Waals surface area (Å²) in [6.45, 7) is 5.07. The maximum Gasteiger partial charge on any atom is 0.0587 e. The fourth-order valence-electron chi connectivity index (χ4n) is 2.83. The van der Waals surface area contributed by atoms with Crippen LogP contribution in [0.2, 0.25) is 0 Å². The van der Waals surface area contributed by atoms with E-state index < -0.39 is 0 Å². The van der Waals surface area contributed by atoms with Crippen molar-refractivity contribution in [3.63, 3.8) is 0 Å². The second kappa shape index (κ2) is 7.77. The summed E-state index contributed by atoms with van der Waals surface area (Å²) >= 11 is 0.